The van der Waals surface area contributed by atoms with Crippen molar-refractivity contribution in [3.05, 3.63) is 12.2 Å². The second-order valence-electron chi connectivity index (χ2n) is 12.3. The van der Waals surface area contributed by atoms with Gasteiger partial charge in [-0.2, -0.15) is 0 Å². The number of carbonyl (C=O) groups is 2. The largest absolute Gasteiger partial charge is 0.462 e. The molecule has 0 heterocycles. The van der Waals surface area contributed by atoms with E-state index >= 15 is 0 Å². The van der Waals surface area contributed by atoms with Crippen LogP contribution in [0.4, 0.5) is 0 Å². The van der Waals surface area contributed by atoms with Gasteiger partial charge in [-0.3, -0.25) is 9.59 Å². The molecule has 0 spiro atoms. The van der Waals surface area contributed by atoms with Gasteiger partial charge in [-0.25, -0.2) is 0 Å². The number of hydrogen-bond acceptors (Lipinski definition) is 5. The Morgan fingerprint density at radius 1 is 0.524 bits per heavy atom. The van der Waals surface area contributed by atoms with Gasteiger partial charge >= 0.3 is 11.9 Å². The maximum Gasteiger partial charge on any atom is 0.306 e. The summed E-state index contributed by atoms with van der Waals surface area (Å²) >= 11 is 0. The van der Waals surface area contributed by atoms with Gasteiger partial charge in [0, 0.05) is 12.8 Å². The molecule has 42 heavy (non-hydrogen) atoms. The van der Waals surface area contributed by atoms with Crippen molar-refractivity contribution in [2.75, 3.05) is 13.2 Å². The monoisotopic (exact) mass is 595 g/mol. The van der Waals surface area contributed by atoms with Gasteiger partial charge in [0.05, 0.1) is 6.61 Å². The molecule has 1 N–H and O–H groups in total. The van der Waals surface area contributed by atoms with E-state index in [0.717, 1.165) is 44.9 Å². The summed E-state index contributed by atoms with van der Waals surface area (Å²) in [6, 6.07) is 0. The molecule has 0 unspecified atom stereocenters. The van der Waals surface area contributed by atoms with Gasteiger partial charge in [0.2, 0.25) is 0 Å². The van der Waals surface area contributed by atoms with Crippen LogP contribution in [0.1, 0.15) is 194 Å². The quantitative estimate of drug-likeness (QED) is 0.0465. The van der Waals surface area contributed by atoms with Crippen molar-refractivity contribution in [3.63, 3.8) is 0 Å². The third-order valence-corrected chi connectivity index (χ3v) is 8.06. The number of rotatable bonds is 33. The molecule has 0 saturated carbocycles. The highest BCUT2D eigenvalue weighted by atomic mass is 16.6. The van der Waals surface area contributed by atoms with Crippen molar-refractivity contribution in [2.45, 2.75) is 200 Å². The van der Waals surface area contributed by atoms with Gasteiger partial charge in [0.25, 0.3) is 0 Å². The highest BCUT2D eigenvalue weighted by Crippen LogP contribution is 2.14. The van der Waals surface area contributed by atoms with E-state index in [2.05, 4.69) is 26.0 Å². The van der Waals surface area contributed by atoms with Gasteiger partial charge < -0.3 is 14.6 Å². The van der Waals surface area contributed by atoms with Crippen LogP contribution in [-0.2, 0) is 19.1 Å². The van der Waals surface area contributed by atoms with Crippen molar-refractivity contribution in [1.29, 1.82) is 0 Å². The minimum Gasteiger partial charge on any atom is -0.462 e. The minimum atomic E-state index is -0.767. The second-order valence-corrected chi connectivity index (χ2v) is 12.3. The fraction of sp³-hybridized carbons (Fsp3) is 0.892. The standard InChI is InChI=1S/C37H70O5/c1-3-5-7-9-11-13-15-17-18-20-22-24-26-28-30-32-37(40)42-35(33-38)34-41-36(39)31-29-27-25-23-21-19-16-14-12-10-8-6-4-2/h17-18,35,38H,3-16,19-34H2,1-2H3/b18-17-/t35-/m1/s1. The highest BCUT2D eigenvalue weighted by Gasteiger charge is 2.16. The Balaban J connectivity index is 3.55. The number of esters is 2. The molecule has 5 nitrogen and oxygen atoms in total. The Morgan fingerprint density at radius 2 is 0.881 bits per heavy atom. The molecule has 0 amide bonds. The first-order chi connectivity index (χ1) is 20.6. The van der Waals surface area contributed by atoms with E-state index in [1.54, 1.807) is 0 Å². The number of hydrogen-bond donors (Lipinski definition) is 1. The summed E-state index contributed by atoms with van der Waals surface area (Å²) < 4.78 is 10.6. The molecule has 0 rings (SSSR count). The first-order valence-electron chi connectivity index (χ1n) is 18.2. The number of ether oxygens (including phenoxy) is 2. The first-order valence-corrected chi connectivity index (χ1v) is 18.2. The zero-order valence-corrected chi connectivity index (χ0v) is 28.0. The van der Waals surface area contributed by atoms with Crippen LogP contribution in [0.5, 0.6) is 0 Å². The van der Waals surface area contributed by atoms with Crippen molar-refractivity contribution < 1.29 is 24.2 Å². The summed E-state index contributed by atoms with van der Waals surface area (Å²) in [6.07, 6.45) is 36.9. The number of carbonyl (C=O) groups excluding carboxylic acids is 2. The molecule has 0 fully saturated rings. The molecule has 5 heteroatoms. The summed E-state index contributed by atoms with van der Waals surface area (Å²) in [5.41, 5.74) is 0. The summed E-state index contributed by atoms with van der Waals surface area (Å²) in [5, 5.41) is 9.52. The molecule has 0 aromatic heterocycles. The van der Waals surface area contributed by atoms with Crippen LogP contribution in [-0.4, -0.2) is 36.4 Å². The van der Waals surface area contributed by atoms with Crippen molar-refractivity contribution in [1.82, 2.24) is 0 Å². The Bertz CT molecular complexity index is 603. The van der Waals surface area contributed by atoms with E-state index in [-0.39, 0.29) is 25.2 Å². The van der Waals surface area contributed by atoms with Crippen molar-refractivity contribution in [3.8, 4) is 0 Å². The lowest BCUT2D eigenvalue weighted by atomic mass is 10.0. The zero-order chi connectivity index (χ0) is 30.8. The van der Waals surface area contributed by atoms with Crippen LogP contribution in [0.15, 0.2) is 12.2 Å². The fourth-order valence-electron chi connectivity index (χ4n) is 5.25. The molecule has 0 aliphatic heterocycles. The third-order valence-electron chi connectivity index (χ3n) is 8.06. The molecule has 0 saturated heterocycles. The summed E-state index contributed by atoms with van der Waals surface area (Å²) in [6.45, 7) is 4.13. The zero-order valence-electron chi connectivity index (χ0n) is 28.0. The van der Waals surface area contributed by atoms with E-state index < -0.39 is 6.10 Å². The van der Waals surface area contributed by atoms with E-state index in [0.29, 0.717) is 12.8 Å². The second kappa shape index (κ2) is 34.1. The Kier molecular flexibility index (Phi) is 33.0. The molecule has 0 aliphatic carbocycles. The molecular weight excluding hydrogens is 524 g/mol. The van der Waals surface area contributed by atoms with Gasteiger partial charge in [0.1, 0.15) is 6.61 Å². The van der Waals surface area contributed by atoms with Gasteiger partial charge in [0.15, 0.2) is 6.10 Å². The van der Waals surface area contributed by atoms with Gasteiger partial charge in [-0.05, 0) is 38.5 Å². The van der Waals surface area contributed by atoms with E-state index in [1.807, 2.05) is 0 Å². The van der Waals surface area contributed by atoms with Gasteiger partial charge in [-0.15, -0.1) is 0 Å². The van der Waals surface area contributed by atoms with E-state index in [1.165, 1.54) is 122 Å². The predicted molar refractivity (Wildman–Crippen MR) is 178 cm³/mol. The minimum absolute atomic E-state index is 0.0636. The number of aliphatic hydroxyl groups excluding tert-OH is 1. The predicted octanol–water partition coefficient (Wildman–Crippen LogP) is 11.0. The van der Waals surface area contributed by atoms with E-state index in [9.17, 15) is 14.7 Å². The average molecular weight is 595 g/mol. The molecular formula is C37H70O5. The summed E-state index contributed by atoms with van der Waals surface area (Å²) in [5.74, 6) is -0.593. The smallest absolute Gasteiger partial charge is 0.306 e. The van der Waals surface area contributed by atoms with Crippen LogP contribution in [0.3, 0.4) is 0 Å². The summed E-state index contributed by atoms with van der Waals surface area (Å²) in [4.78, 5) is 24.1. The first kappa shape index (κ1) is 40.6. The Hall–Kier alpha value is -1.36. The molecule has 0 aromatic rings. The summed E-state index contributed by atoms with van der Waals surface area (Å²) in [7, 11) is 0. The van der Waals surface area contributed by atoms with Crippen molar-refractivity contribution in [2.24, 2.45) is 0 Å². The number of aliphatic hydroxyl groups is 1. The topological polar surface area (TPSA) is 72.8 Å². The molecule has 248 valence electrons. The van der Waals surface area contributed by atoms with Crippen LogP contribution in [0.25, 0.3) is 0 Å². The highest BCUT2D eigenvalue weighted by molar-refractivity contribution is 5.70. The molecule has 0 aliphatic rings. The Morgan fingerprint density at radius 3 is 1.29 bits per heavy atom. The van der Waals surface area contributed by atoms with Crippen LogP contribution in [0.2, 0.25) is 0 Å². The molecule has 1 atom stereocenters. The average Bonchev–Trinajstić information content (AvgIpc) is 2.99. The molecule has 0 aromatic carbocycles. The number of allylic oxidation sites excluding steroid dienone is 2. The molecule has 0 bridgehead atoms. The van der Waals surface area contributed by atoms with Crippen molar-refractivity contribution >= 4 is 11.9 Å². The molecule has 0 radical (unpaired) electrons. The van der Waals surface area contributed by atoms with Crippen LogP contribution >= 0.6 is 0 Å². The maximum atomic E-state index is 12.1. The fourth-order valence-corrected chi connectivity index (χ4v) is 5.25. The SMILES string of the molecule is CCCCCCCC/C=C\CCCCCCCC(=O)O[C@H](CO)COC(=O)CCCCCCCCCCCCCCC. The van der Waals surface area contributed by atoms with E-state index in [4.69, 9.17) is 9.47 Å². The van der Waals surface area contributed by atoms with Crippen LogP contribution in [0, 0.1) is 0 Å². The maximum absolute atomic E-state index is 12.1. The van der Waals surface area contributed by atoms with Crippen LogP contribution < -0.4 is 0 Å². The third kappa shape index (κ3) is 31.6. The lowest BCUT2D eigenvalue weighted by molar-refractivity contribution is -0.161. The Labute approximate surface area is 261 Å². The normalized spacial score (nSPS) is 12.2. The lowest BCUT2D eigenvalue weighted by Crippen LogP contribution is -2.28. The lowest BCUT2D eigenvalue weighted by Gasteiger charge is -2.15. The number of unbranched alkanes of at least 4 members (excludes halogenated alkanes) is 23. The van der Waals surface area contributed by atoms with Gasteiger partial charge in [-0.1, -0.05) is 154 Å².